The van der Waals surface area contributed by atoms with Gasteiger partial charge in [-0.05, 0) is 36.1 Å². The van der Waals surface area contributed by atoms with Gasteiger partial charge in [-0.25, -0.2) is 13.1 Å². The van der Waals surface area contributed by atoms with Gasteiger partial charge in [0.1, 0.15) is 4.21 Å². The maximum absolute atomic E-state index is 11.9. The number of nitrogens with one attached hydrogen (secondary N) is 2. The first-order valence-electron chi connectivity index (χ1n) is 7.07. The van der Waals surface area contributed by atoms with Crippen molar-refractivity contribution in [3.8, 4) is 0 Å². The maximum atomic E-state index is 11.9. The summed E-state index contributed by atoms with van der Waals surface area (Å²) in [6.45, 7) is 1.84. The van der Waals surface area contributed by atoms with E-state index in [1.54, 1.807) is 29.6 Å². The number of hydrogen-bond acceptors (Lipinski definition) is 4. The van der Waals surface area contributed by atoms with Crippen molar-refractivity contribution in [2.75, 3.05) is 6.54 Å². The number of benzene rings is 1. The Morgan fingerprint density at radius 1 is 1.25 bits per heavy atom. The molecule has 24 heavy (non-hydrogen) atoms. The van der Waals surface area contributed by atoms with Crippen LogP contribution >= 0.6 is 34.5 Å². The van der Waals surface area contributed by atoms with Crippen LogP contribution in [0.3, 0.4) is 0 Å². The summed E-state index contributed by atoms with van der Waals surface area (Å²) in [4.78, 5) is 11.9. The molecule has 130 valence electrons. The average Bonchev–Trinajstić information content (AvgIpc) is 3.05. The van der Waals surface area contributed by atoms with Crippen molar-refractivity contribution in [3.63, 3.8) is 0 Å². The van der Waals surface area contributed by atoms with Crippen LogP contribution in [0.2, 0.25) is 10.0 Å². The van der Waals surface area contributed by atoms with Crippen molar-refractivity contribution < 1.29 is 13.2 Å². The van der Waals surface area contributed by atoms with Crippen LogP contribution in [0.5, 0.6) is 0 Å². The van der Waals surface area contributed by atoms with E-state index in [9.17, 15) is 13.2 Å². The Morgan fingerprint density at radius 2 is 2.00 bits per heavy atom. The maximum Gasteiger partial charge on any atom is 0.250 e. The molecule has 0 saturated carbocycles. The molecule has 1 aromatic carbocycles. The molecule has 2 aromatic rings. The number of hydrogen-bond donors (Lipinski definition) is 2. The van der Waals surface area contributed by atoms with Crippen LogP contribution in [0.1, 0.15) is 24.9 Å². The molecule has 0 radical (unpaired) electrons. The Bertz CT molecular complexity index is 808. The van der Waals surface area contributed by atoms with Crippen LogP contribution in [-0.2, 0) is 14.8 Å². The van der Waals surface area contributed by atoms with Crippen molar-refractivity contribution in [2.24, 2.45) is 0 Å². The van der Waals surface area contributed by atoms with Gasteiger partial charge >= 0.3 is 0 Å². The monoisotopic (exact) mass is 406 g/mol. The number of amides is 1. The zero-order valence-corrected chi connectivity index (χ0v) is 15.9. The van der Waals surface area contributed by atoms with E-state index in [1.165, 1.54) is 6.07 Å². The van der Waals surface area contributed by atoms with Crippen LogP contribution < -0.4 is 10.0 Å². The molecule has 0 bridgehead atoms. The van der Waals surface area contributed by atoms with Crippen LogP contribution in [0.25, 0.3) is 0 Å². The van der Waals surface area contributed by atoms with E-state index in [4.69, 9.17) is 23.2 Å². The normalized spacial score (nSPS) is 12.8. The number of thiophene rings is 1. The fourth-order valence-electron chi connectivity index (χ4n) is 1.97. The molecular formula is C15H16Cl2N2O3S2. The van der Waals surface area contributed by atoms with E-state index in [0.717, 1.165) is 16.9 Å². The number of carbonyl (C=O) groups excluding carboxylic acids is 1. The lowest BCUT2D eigenvalue weighted by molar-refractivity contribution is -0.121. The molecule has 1 atom stereocenters. The largest absolute Gasteiger partial charge is 0.350 e. The number of halogens is 2. The molecular weight excluding hydrogens is 391 g/mol. The highest BCUT2D eigenvalue weighted by atomic mass is 35.5. The summed E-state index contributed by atoms with van der Waals surface area (Å²) in [5.74, 6) is -0.262. The Morgan fingerprint density at radius 3 is 2.62 bits per heavy atom. The van der Waals surface area contributed by atoms with Gasteiger partial charge < -0.3 is 5.32 Å². The number of sulfonamides is 1. The molecule has 0 aliphatic carbocycles. The molecule has 5 nitrogen and oxygen atoms in total. The highest BCUT2D eigenvalue weighted by molar-refractivity contribution is 7.91. The van der Waals surface area contributed by atoms with Gasteiger partial charge in [-0.2, -0.15) is 0 Å². The van der Waals surface area contributed by atoms with Crippen molar-refractivity contribution >= 4 is 50.5 Å². The predicted molar refractivity (Wildman–Crippen MR) is 97.1 cm³/mol. The molecule has 0 fully saturated rings. The molecule has 0 aliphatic heterocycles. The Kier molecular flexibility index (Phi) is 6.65. The third-order valence-corrected chi connectivity index (χ3v) is 6.82. The van der Waals surface area contributed by atoms with Gasteiger partial charge in [0, 0.05) is 13.0 Å². The Labute approximate surface area is 155 Å². The smallest absolute Gasteiger partial charge is 0.250 e. The summed E-state index contributed by atoms with van der Waals surface area (Å²) >= 11 is 12.9. The Hall–Kier alpha value is -1.12. The third-order valence-electron chi connectivity index (χ3n) is 3.23. The summed E-state index contributed by atoms with van der Waals surface area (Å²) in [6.07, 6.45) is 0.0380. The number of rotatable bonds is 7. The van der Waals surface area contributed by atoms with Crippen molar-refractivity contribution in [2.45, 2.75) is 23.6 Å². The van der Waals surface area contributed by atoms with Gasteiger partial charge in [0.15, 0.2) is 0 Å². The molecule has 1 aromatic heterocycles. The molecule has 0 saturated heterocycles. The van der Waals surface area contributed by atoms with Gasteiger partial charge in [-0.3, -0.25) is 4.79 Å². The molecule has 0 aliphatic rings. The molecule has 9 heteroatoms. The van der Waals surface area contributed by atoms with E-state index in [1.807, 2.05) is 6.92 Å². The quantitative estimate of drug-likeness (QED) is 0.737. The lowest BCUT2D eigenvalue weighted by Gasteiger charge is -2.15. The lowest BCUT2D eigenvalue weighted by Crippen LogP contribution is -2.31. The SMILES string of the molecule is CC(NC(=O)CCNS(=O)(=O)c1cccs1)c1ccc(Cl)c(Cl)c1. The van der Waals surface area contributed by atoms with Gasteiger partial charge in [-0.15, -0.1) is 11.3 Å². The fraction of sp³-hybridized carbons (Fsp3) is 0.267. The first-order valence-corrected chi connectivity index (χ1v) is 10.2. The molecule has 0 spiro atoms. The van der Waals surface area contributed by atoms with Crippen molar-refractivity contribution in [1.82, 2.24) is 10.0 Å². The lowest BCUT2D eigenvalue weighted by atomic mass is 10.1. The summed E-state index contributed by atoms with van der Waals surface area (Å²) in [7, 11) is -3.55. The molecule has 2 rings (SSSR count). The zero-order valence-electron chi connectivity index (χ0n) is 12.8. The summed E-state index contributed by atoms with van der Waals surface area (Å²) < 4.78 is 26.5. The summed E-state index contributed by atoms with van der Waals surface area (Å²) in [5.41, 5.74) is 0.817. The fourth-order valence-corrected chi connectivity index (χ4v) is 4.34. The second-order valence-corrected chi connectivity index (χ2v) is 8.80. The van der Waals surface area contributed by atoms with E-state index in [2.05, 4.69) is 10.0 Å². The molecule has 1 unspecified atom stereocenters. The third kappa shape index (κ3) is 5.19. The van der Waals surface area contributed by atoms with Crippen molar-refractivity contribution in [1.29, 1.82) is 0 Å². The molecule has 1 amide bonds. The van der Waals surface area contributed by atoms with E-state index in [0.29, 0.717) is 10.0 Å². The average molecular weight is 407 g/mol. The van der Waals surface area contributed by atoms with E-state index >= 15 is 0 Å². The minimum atomic E-state index is -3.55. The summed E-state index contributed by atoms with van der Waals surface area (Å²) in [6, 6.07) is 8.04. The highest BCUT2D eigenvalue weighted by Gasteiger charge is 2.16. The highest BCUT2D eigenvalue weighted by Crippen LogP contribution is 2.25. The summed E-state index contributed by atoms with van der Waals surface area (Å²) in [5, 5.41) is 5.33. The minimum absolute atomic E-state index is 0.0279. The first kappa shape index (κ1) is 19.2. The Balaban J connectivity index is 1.84. The van der Waals surface area contributed by atoms with Crippen LogP contribution in [0.4, 0.5) is 0 Å². The van der Waals surface area contributed by atoms with Gasteiger partial charge in [-0.1, -0.05) is 35.3 Å². The molecule has 2 N–H and O–H groups in total. The topological polar surface area (TPSA) is 75.3 Å². The van der Waals surface area contributed by atoms with Gasteiger partial charge in [0.2, 0.25) is 15.9 Å². The first-order chi connectivity index (χ1) is 11.3. The molecule has 1 heterocycles. The number of carbonyl (C=O) groups is 1. The van der Waals surface area contributed by atoms with Gasteiger partial charge in [0.25, 0.3) is 0 Å². The second kappa shape index (κ2) is 8.31. The standard InChI is InChI=1S/C15H16Cl2N2O3S2/c1-10(11-4-5-12(16)13(17)9-11)19-14(20)6-7-18-24(21,22)15-3-2-8-23-15/h2-5,8-10,18H,6-7H2,1H3,(H,19,20). The zero-order chi connectivity index (χ0) is 17.7. The second-order valence-electron chi connectivity index (χ2n) is 5.04. The van der Waals surface area contributed by atoms with E-state index in [-0.39, 0.29) is 29.1 Å². The van der Waals surface area contributed by atoms with Crippen LogP contribution in [0, 0.1) is 0 Å². The predicted octanol–water partition coefficient (Wildman–Crippen LogP) is 3.60. The minimum Gasteiger partial charge on any atom is -0.350 e. The van der Waals surface area contributed by atoms with Crippen molar-refractivity contribution in [3.05, 3.63) is 51.3 Å². The van der Waals surface area contributed by atoms with Gasteiger partial charge in [0.05, 0.1) is 16.1 Å². The van der Waals surface area contributed by atoms with E-state index < -0.39 is 10.0 Å². The van der Waals surface area contributed by atoms with Crippen LogP contribution in [0.15, 0.2) is 39.9 Å². The van der Waals surface area contributed by atoms with Crippen LogP contribution in [-0.4, -0.2) is 20.9 Å².